The number of para-hydroxylation sites is 1. The van der Waals surface area contributed by atoms with E-state index in [1.165, 1.54) is 0 Å². The summed E-state index contributed by atoms with van der Waals surface area (Å²) in [6, 6.07) is 8.09. The van der Waals surface area contributed by atoms with Gasteiger partial charge in [-0.3, -0.25) is 0 Å². The summed E-state index contributed by atoms with van der Waals surface area (Å²) in [5.74, 6) is 1.76. The molecule has 0 spiro atoms. The maximum absolute atomic E-state index is 4.34. The van der Waals surface area contributed by atoms with Gasteiger partial charge in [-0.2, -0.15) is 0 Å². The van der Waals surface area contributed by atoms with E-state index in [1.807, 2.05) is 30.5 Å². The Labute approximate surface area is 111 Å². The largest absolute Gasteiger partial charge is 0.360 e. The van der Waals surface area contributed by atoms with Crippen molar-refractivity contribution in [2.45, 2.75) is 19.4 Å². The van der Waals surface area contributed by atoms with Gasteiger partial charge in [-0.25, -0.2) is 15.0 Å². The molecule has 0 aliphatic heterocycles. The summed E-state index contributed by atoms with van der Waals surface area (Å²) in [6.07, 6.45) is 6.10. The Morgan fingerprint density at radius 1 is 1.21 bits per heavy atom. The van der Waals surface area contributed by atoms with Crippen LogP contribution in [-0.2, 0) is 0 Å². The minimum atomic E-state index is 0.119. The first kappa shape index (κ1) is 11.6. The Kier molecular flexibility index (Phi) is 3.10. The number of H-pyrrole nitrogens is 1. The van der Waals surface area contributed by atoms with Crippen molar-refractivity contribution in [3.63, 3.8) is 0 Å². The third-order valence-electron chi connectivity index (χ3n) is 3.11. The highest BCUT2D eigenvalue weighted by molar-refractivity contribution is 5.88. The number of aromatic amines is 1. The topological polar surface area (TPSA) is 66.5 Å². The molecule has 5 heteroatoms. The van der Waals surface area contributed by atoms with Gasteiger partial charge in [-0.15, -0.1) is 0 Å². The fourth-order valence-corrected chi connectivity index (χ4v) is 2.12. The molecule has 3 rings (SSSR count). The minimum absolute atomic E-state index is 0.119. The summed E-state index contributed by atoms with van der Waals surface area (Å²) in [5, 5.41) is 4.45. The smallest absolute Gasteiger partial charge is 0.137 e. The van der Waals surface area contributed by atoms with E-state index in [1.54, 1.807) is 12.5 Å². The van der Waals surface area contributed by atoms with Crippen molar-refractivity contribution in [3.8, 4) is 0 Å². The van der Waals surface area contributed by atoms with Gasteiger partial charge < -0.3 is 10.3 Å². The normalized spacial score (nSPS) is 12.5. The molecule has 0 saturated carbocycles. The monoisotopic (exact) mass is 253 g/mol. The summed E-state index contributed by atoms with van der Waals surface area (Å²) in [5.41, 5.74) is 0.939. The van der Waals surface area contributed by atoms with Gasteiger partial charge in [0, 0.05) is 17.8 Å². The molecule has 0 fully saturated rings. The van der Waals surface area contributed by atoms with Gasteiger partial charge in [0.25, 0.3) is 0 Å². The summed E-state index contributed by atoms with van der Waals surface area (Å²) in [7, 11) is 0. The number of hydrogen-bond donors (Lipinski definition) is 2. The quantitative estimate of drug-likeness (QED) is 0.750. The Bertz CT molecular complexity index is 657. The number of benzene rings is 1. The van der Waals surface area contributed by atoms with Crippen molar-refractivity contribution >= 4 is 16.7 Å². The van der Waals surface area contributed by atoms with E-state index in [0.717, 1.165) is 29.0 Å². The first-order chi connectivity index (χ1) is 9.38. The van der Waals surface area contributed by atoms with Gasteiger partial charge in [0.1, 0.15) is 18.0 Å². The number of imidazole rings is 1. The molecule has 2 N–H and O–H groups in total. The number of rotatable bonds is 4. The van der Waals surface area contributed by atoms with E-state index in [9.17, 15) is 0 Å². The highest BCUT2D eigenvalue weighted by Gasteiger charge is 2.13. The van der Waals surface area contributed by atoms with Gasteiger partial charge in [-0.1, -0.05) is 19.1 Å². The molecule has 96 valence electrons. The molecule has 0 amide bonds. The van der Waals surface area contributed by atoms with Crippen molar-refractivity contribution in [2.75, 3.05) is 5.32 Å². The second kappa shape index (κ2) is 5.06. The van der Waals surface area contributed by atoms with Gasteiger partial charge in [0.15, 0.2) is 0 Å². The van der Waals surface area contributed by atoms with Crippen molar-refractivity contribution < 1.29 is 0 Å². The van der Waals surface area contributed by atoms with Gasteiger partial charge in [-0.05, 0) is 18.6 Å². The molecule has 5 nitrogen and oxygen atoms in total. The third kappa shape index (κ3) is 2.27. The predicted octanol–water partition coefficient (Wildman–Crippen LogP) is 2.92. The lowest BCUT2D eigenvalue weighted by atomic mass is 10.2. The van der Waals surface area contributed by atoms with Gasteiger partial charge in [0.2, 0.25) is 0 Å². The molecule has 0 aliphatic rings. The van der Waals surface area contributed by atoms with Crippen LogP contribution < -0.4 is 5.32 Å². The maximum Gasteiger partial charge on any atom is 0.137 e. The fourth-order valence-electron chi connectivity index (χ4n) is 2.12. The number of fused-ring (bicyclic) bond motifs is 1. The second-order valence-electron chi connectivity index (χ2n) is 4.32. The Morgan fingerprint density at radius 2 is 2.11 bits per heavy atom. The van der Waals surface area contributed by atoms with E-state index in [2.05, 4.69) is 32.2 Å². The molecule has 1 unspecified atom stereocenters. The average molecular weight is 253 g/mol. The Morgan fingerprint density at radius 3 is 2.89 bits per heavy atom. The van der Waals surface area contributed by atoms with Crippen LogP contribution in [0.2, 0.25) is 0 Å². The van der Waals surface area contributed by atoms with Crippen molar-refractivity contribution in [3.05, 3.63) is 48.8 Å². The van der Waals surface area contributed by atoms with Crippen LogP contribution >= 0.6 is 0 Å². The van der Waals surface area contributed by atoms with E-state index in [4.69, 9.17) is 0 Å². The predicted molar refractivity (Wildman–Crippen MR) is 74.8 cm³/mol. The lowest BCUT2D eigenvalue weighted by Crippen LogP contribution is -2.12. The molecule has 1 atom stereocenters. The minimum Gasteiger partial charge on any atom is -0.360 e. The SMILES string of the molecule is CCC(Nc1ncnc2ccccc12)c1ncc[nH]1. The molecular formula is C14H15N5. The van der Waals surface area contributed by atoms with Crippen LogP contribution in [0.25, 0.3) is 10.9 Å². The first-order valence-corrected chi connectivity index (χ1v) is 6.34. The highest BCUT2D eigenvalue weighted by Crippen LogP contribution is 2.24. The van der Waals surface area contributed by atoms with E-state index in [-0.39, 0.29) is 6.04 Å². The molecule has 1 aromatic carbocycles. The summed E-state index contributed by atoms with van der Waals surface area (Å²) < 4.78 is 0. The summed E-state index contributed by atoms with van der Waals surface area (Å²) >= 11 is 0. The van der Waals surface area contributed by atoms with Crippen molar-refractivity contribution in [1.82, 2.24) is 19.9 Å². The second-order valence-corrected chi connectivity index (χ2v) is 4.32. The van der Waals surface area contributed by atoms with Crippen molar-refractivity contribution in [1.29, 1.82) is 0 Å². The molecule has 0 radical (unpaired) electrons. The zero-order valence-electron chi connectivity index (χ0n) is 10.7. The molecule has 0 aliphatic carbocycles. The molecular weight excluding hydrogens is 238 g/mol. The van der Waals surface area contributed by atoms with Crippen LogP contribution in [0.5, 0.6) is 0 Å². The fraction of sp³-hybridized carbons (Fsp3) is 0.214. The van der Waals surface area contributed by atoms with Gasteiger partial charge in [0.05, 0.1) is 11.6 Å². The Hall–Kier alpha value is -2.43. The third-order valence-corrected chi connectivity index (χ3v) is 3.11. The average Bonchev–Trinajstić information content (AvgIpc) is 2.99. The maximum atomic E-state index is 4.34. The molecule has 0 bridgehead atoms. The van der Waals surface area contributed by atoms with Crippen LogP contribution in [0.1, 0.15) is 25.2 Å². The van der Waals surface area contributed by atoms with Crippen LogP contribution in [0.4, 0.5) is 5.82 Å². The lowest BCUT2D eigenvalue weighted by molar-refractivity contribution is 0.701. The Balaban J connectivity index is 1.96. The van der Waals surface area contributed by atoms with Crippen LogP contribution in [0, 0.1) is 0 Å². The zero-order valence-corrected chi connectivity index (χ0v) is 10.7. The standard InChI is InChI=1S/C14H15N5/c1-2-11(14-15-7-8-16-14)19-13-10-5-3-4-6-12(10)17-9-18-13/h3-9,11H,2H2,1H3,(H,15,16)(H,17,18,19). The van der Waals surface area contributed by atoms with Crippen LogP contribution in [0.3, 0.4) is 0 Å². The molecule has 3 aromatic rings. The van der Waals surface area contributed by atoms with Crippen LogP contribution in [0.15, 0.2) is 43.0 Å². The van der Waals surface area contributed by atoms with E-state index >= 15 is 0 Å². The molecule has 0 saturated heterocycles. The number of nitrogens with one attached hydrogen (secondary N) is 2. The zero-order chi connectivity index (χ0) is 13.1. The summed E-state index contributed by atoms with van der Waals surface area (Å²) in [6.45, 7) is 2.11. The molecule has 19 heavy (non-hydrogen) atoms. The number of aromatic nitrogens is 4. The number of anilines is 1. The summed E-state index contributed by atoms with van der Waals surface area (Å²) in [4.78, 5) is 16.0. The molecule has 2 aromatic heterocycles. The van der Waals surface area contributed by atoms with Gasteiger partial charge >= 0.3 is 0 Å². The van der Waals surface area contributed by atoms with E-state index in [0.29, 0.717) is 0 Å². The highest BCUT2D eigenvalue weighted by atomic mass is 15.1. The first-order valence-electron chi connectivity index (χ1n) is 6.34. The lowest BCUT2D eigenvalue weighted by Gasteiger charge is -2.16. The van der Waals surface area contributed by atoms with Crippen molar-refractivity contribution in [2.24, 2.45) is 0 Å². The number of nitrogens with zero attached hydrogens (tertiary/aromatic N) is 3. The molecule has 2 heterocycles. The van der Waals surface area contributed by atoms with E-state index < -0.39 is 0 Å². The van der Waals surface area contributed by atoms with Crippen LogP contribution in [-0.4, -0.2) is 19.9 Å². The number of hydrogen-bond acceptors (Lipinski definition) is 4.